The van der Waals surface area contributed by atoms with Crippen molar-refractivity contribution in [3.05, 3.63) is 35.6 Å². The van der Waals surface area contributed by atoms with Gasteiger partial charge in [-0.3, -0.25) is 9.78 Å². The van der Waals surface area contributed by atoms with Crippen molar-refractivity contribution in [2.45, 2.75) is 0 Å². The van der Waals surface area contributed by atoms with Crippen molar-refractivity contribution >= 4 is 17.6 Å². The van der Waals surface area contributed by atoms with Crippen molar-refractivity contribution in [1.29, 1.82) is 0 Å². The highest BCUT2D eigenvalue weighted by molar-refractivity contribution is 7.13. The zero-order valence-electron chi connectivity index (χ0n) is 6.68. The van der Waals surface area contributed by atoms with Crippen LogP contribution in [0.2, 0.25) is 0 Å². The first-order valence-electron chi connectivity index (χ1n) is 3.71. The topological polar surface area (TPSA) is 42.9 Å². The molecule has 13 heavy (non-hydrogen) atoms. The van der Waals surface area contributed by atoms with Crippen molar-refractivity contribution in [3.63, 3.8) is 0 Å². The van der Waals surface area contributed by atoms with Gasteiger partial charge in [-0.25, -0.2) is 4.98 Å². The third-order valence-corrected chi connectivity index (χ3v) is 2.41. The molecule has 0 aliphatic rings. The summed E-state index contributed by atoms with van der Waals surface area (Å²) in [5, 5.41) is 2.83. The maximum atomic E-state index is 10.3. The molecule has 4 heteroatoms. The lowest BCUT2D eigenvalue weighted by molar-refractivity contribution is 0.111. The van der Waals surface area contributed by atoms with Crippen LogP contribution >= 0.6 is 11.3 Å². The van der Waals surface area contributed by atoms with E-state index in [-0.39, 0.29) is 0 Å². The summed E-state index contributed by atoms with van der Waals surface area (Å²) in [6.07, 6.45) is 4.13. The molecule has 2 aromatic rings. The second-order valence-corrected chi connectivity index (χ2v) is 3.32. The molecule has 0 aromatic carbocycles. The molecule has 0 aliphatic carbocycles. The van der Waals surface area contributed by atoms with E-state index < -0.39 is 0 Å². The third kappa shape index (κ3) is 1.62. The first kappa shape index (κ1) is 8.07. The lowest BCUT2D eigenvalue weighted by Gasteiger charge is -1.94. The van der Waals surface area contributed by atoms with Gasteiger partial charge in [-0.15, -0.1) is 11.3 Å². The number of pyridine rings is 1. The molecule has 0 amide bonds. The van der Waals surface area contributed by atoms with E-state index in [9.17, 15) is 4.79 Å². The number of hydrogen-bond donors (Lipinski definition) is 0. The van der Waals surface area contributed by atoms with Crippen molar-refractivity contribution < 1.29 is 4.79 Å². The first-order chi connectivity index (χ1) is 6.40. The Hall–Kier alpha value is -1.55. The summed E-state index contributed by atoms with van der Waals surface area (Å²) < 4.78 is 0. The molecule has 0 N–H and O–H groups in total. The lowest BCUT2D eigenvalue weighted by Crippen LogP contribution is -1.85. The molecule has 2 heterocycles. The average Bonchev–Trinajstić information content (AvgIpc) is 2.71. The van der Waals surface area contributed by atoms with Gasteiger partial charge in [0.05, 0.1) is 0 Å². The van der Waals surface area contributed by atoms with Crippen LogP contribution in [0.15, 0.2) is 29.9 Å². The minimum absolute atomic E-state index is 0.445. The Morgan fingerprint density at radius 3 is 2.77 bits per heavy atom. The van der Waals surface area contributed by atoms with Crippen LogP contribution < -0.4 is 0 Å². The Balaban J connectivity index is 2.38. The van der Waals surface area contributed by atoms with E-state index in [2.05, 4.69) is 9.97 Å². The van der Waals surface area contributed by atoms with Gasteiger partial charge in [0.1, 0.15) is 10.7 Å². The van der Waals surface area contributed by atoms with Gasteiger partial charge in [0.2, 0.25) is 0 Å². The van der Waals surface area contributed by atoms with Crippen LogP contribution in [0.25, 0.3) is 10.6 Å². The molecular weight excluding hydrogens is 184 g/mol. The highest BCUT2D eigenvalue weighted by Crippen LogP contribution is 2.20. The summed E-state index contributed by atoms with van der Waals surface area (Å²) >= 11 is 1.55. The van der Waals surface area contributed by atoms with Crippen LogP contribution in [0.5, 0.6) is 0 Å². The lowest BCUT2D eigenvalue weighted by atomic mass is 10.3. The Morgan fingerprint density at radius 1 is 1.31 bits per heavy atom. The van der Waals surface area contributed by atoms with Gasteiger partial charge < -0.3 is 0 Å². The molecule has 0 atom stereocenters. The molecule has 3 nitrogen and oxygen atoms in total. The standard InChI is InChI=1S/C9H6N2OS/c12-6-8-2-1-7(5-11-8)9-10-3-4-13-9/h1-6H. The van der Waals surface area contributed by atoms with E-state index >= 15 is 0 Å². The van der Waals surface area contributed by atoms with E-state index in [1.807, 2.05) is 11.4 Å². The molecule has 2 aromatic heterocycles. The molecule has 64 valence electrons. The molecule has 0 saturated heterocycles. The zero-order chi connectivity index (χ0) is 9.10. The fraction of sp³-hybridized carbons (Fsp3) is 0. The maximum Gasteiger partial charge on any atom is 0.168 e. The van der Waals surface area contributed by atoms with Gasteiger partial charge in [-0.2, -0.15) is 0 Å². The molecule has 0 bridgehead atoms. The summed E-state index contributed by atoms with van der Waals surface area (Å²) in [5.74, 6) is 0. The average molecular weight is 190 g/mol. The Kier molecular flexibility index (Phi) is 2.14. The number of nitrogens with zero attached hydrogens (tertiary/aromatic N) is 2. The summed E-state index contributed by atoms with van der Waals surface area (Å²) in [4.78, 5) is 18.4. The third-order valence-electron chi connectivity index (χ3n) is 1.59. The minimum atomic E-state index is 0.445. The van der Waals surface area contributed by atoms with Gasteiger partial charge in [-0.1, -0.05) is 0 Å². The van der Waals surface area contributed by atoms with E-state index in [1.54, 1.807) is 29.8 Å². The fourth-order valence-electron chi connectivity index (χ4n) is 0.968. The fourth-order valence-corrected chi connectivity index (χ4v) is 1.60. The number of carbonyl (C=O) groups excluding carboxylic acids is 1. The minimum Gasteiger partial charge on any atom is -0.296 e. The van der Waals surface area contributed by atoms with Crippen LogP contribution in [0, 0.1) is 0 Å². The monoisotopic (exact) mass is 190 g/mol. The largest absolute Gasteiger partial charge is 0.296 e. The number of rotatable bonds is 2. The molecule has 0 unspecified atom stereocenters. The molecule has 0 spiro atoms. The molecule has 0 radical (unpaired) electrons. The van der Waals surface area contributed by atoms with E-state index in [4.69, 9.17) is 0 Å². The Labute approximate surface area is 79.1 Å². The quantitative estimate of drug-likeness (QED) is 0.680. The summed E-state index contributed by atoms with van der Waals surface area (Å²) in [5.41, 5.74) is 1.39. The smallest absolute Gasteiger partial charge is 0.168 e. The van der Waals surface area contributed by atoms with Crippen molar-refractivity contribution in [2.24, 2.45) is 0 Å². The number of aromatic nitrogens is 2. The van der Waals surface area contributed by atoms with E-state index in [1.165, 1.54) is 0 Å². The van der Waals surface area contributed by atoms with Crippen LogP contribution in [0.3, 0.4) is 0 Å². The van der Waals surface area contributed by atoms with Crippen molar-refractivity contribution in [2.75, 3.05) is 0 Å². The van der Waals surface area contributed by atoms with E-state index in [0.717, 1.165) is 16.9 Å². The van der Waals surface area contributed by atoms with Gasteiger partial charge >= 0.3 is 0 Å². The molecule has 0 fully saturated rings. The highest BCUT2D eigenvalue weighted by atomic mass is 32.1. The molecule has 0 saturated carbocycles. The second kappa shape index (κ2) is 3.45. The van der Waals surface area contributed by atoms with Crippen molar-refractivity contribution in [1.82, 2.24) is 9.97 Å². The van der Waals surface area contributed by atoms with Gasteiger partial charge in [0, 0.05) is 23.3 Å². The van der Waals surface area contributed by atoms with E-state index in [0.29, 0.717) is 5.69 Å². The predicted octanol–water partition coefficient (Wildman–Crippen LogP) is 2.02. The number of thiazole rings is 1. The maximum absolute atomic E-state index is 10.3. The van der Waals surface area contributed by atoms with Crippen molar-refractivity contribution in [3.8, 4) is 10.6 Å². The van der Waals surface area contributed by atoms with Gasteiger partial charge in [-0.05, 0) is 12.1 Å². The summed E-state index contributed by atoms with van der Waals surface area (Å²) in [7, 11) is 0. The summed E-state index contributed by atoms with van der Waals surface area (Å²) in [6.45, 7) is 0. The number of carbonyl (C=O) groups is 1. The van der Waals surface area contributed by atoms with Crippen LogP contribution in [0.4, 0.5) is 0 Å². The predicted molar refractivity (Wildman–Crippen MR) is 50.7 cm³/mol. The van der Waals surface area contributed by atoms with Gasteiger partial charge in [0.15, 0.2) is 6.29 Å². The Morgan fingerprint density at radius 2 is 2.23 bits per heavy atom. The summed E-state index contributed by atoms with van der Waals surface area (Å²) in [6, 6.07) is 3.53. The number of aldehydes is 1. The molecule has 0 aliphatic heterocycles. The highest BCUT2D eigenvalue weighted by Gasteiger charge is 1.99. The molecular formula is C9H6N2OS. The van der Waals surface area contributed by atoms with Gasteiger partial charge in [0.25, 0.3) is 0 Å². The normalized spacial score (nSPS) is 9.85. The molecule has 2 rings (SSSR count). The first-order valence-corrected chi connectivity index (χ1v) is 4.59. The second-order valence-electron chi connectivity index (χ2n) is 2.43. The van der Waals surface area contributed by atoms with Crippen LogP contribution in [0.1, 0.15) is 10.5 Å². The number of hydrogen-bond acceptors (Lipinski definition) is 4. The van der Waals surface area contributed by atoms with Crippen LogP contribution in [-0.2, 0) is 0 Å². The van der Waals surface area contributed by atoms with Crippen LogP contribution in [-0.4, -0.2) is 16.3 Å². The SMILES string of the molecule is O=Cc1ccc(-c2nccs2)cn1. The zero-order valence-corrected chi connectivity index (χ0v) is 7.49. The Bertz CT molecular complexity index is 394.